The molecule has 2 nitrogen and oxygen atoms in total. The number of aliphatic hydroxyl groups excluding tert-OH is 1. The van der Waals surface area contributed by atoms with Crippen molar-refractivity contribution in [2.24, 2.45) is 0 Å². The fourth-order valence-corrected chi connectivity index (χ4v) is 2.06. The summed E-state index contributed by atoms with van der Waals surface area (Å²) in [4.78, 5) is 0. The number of anilines is 1. The minimum absolute atomic E-state index is 0.258. The average molecular weight is 281 g/mol. The van der Waals surface area contributed by atoms with Crippen molar-refractivity contribution in [3.05, 3.63) is 65.5 Å². The van der Waals surface area contributed by atoms with Crippen LogP contribution < -0.4 is 5.32 Å². The highest BCUT2D eigenvalue weighted by Crippen LogP contribution is 2.30. The second-order valence-electron chi connectivity index (χ2n) is 4.72. The molecule has 0 fully saturated rings. The molecule has 0 aliphatic rings. The molecular weight excluding hydrogens is 267 g/mol. The van der Waals surface area contributed by atoms with E-state index in [4.69, 9.17) is 0 Å². The van der Waals surface area contributed by atoms with Gasteiger partial charge in [0.05, 0.1) is 17.7 Å². The van der Waals surface area contributed by atoms with Crippen molar-refractivity contribution in [2.45, 2.75) is 12.5 Å². The van der Waals surface area contributed by atoms with Crippen molar-refractivity contribution >= 4 is 5.69 Å². The zero-order valence-corrected chi connectivity index (χ0v) is 10.8. The van der Waals surface area contributed by atoms with Gasteiger partial charge in [-0.3, -0.25) is 0 Å². The Morgan fingerprint density at radius 1 is 1.00 bits per heavy atom. The van der Waals surface area contributed by atoms with Crippen molar-refractivity contribution < 1.29 is 18.3 Å². The van der Waals surface area contributed by atoms with Crippen LogP contribution in [0.5, 0.6) is 0 Å². The zero-order valence-electron chi connectivity index (χ0n) is 10.8. The lowest BCUT2D eigenvalue weighted by molar-refractivity contribution is 0.216. The van der Waals surface area contributed by atoms with Crippen LogP contribution in [0.1, 0.15) is 12.5 Å². The van der Waals surface area contributed by atoms with E-state index in [0.29, 0.717) is 5.69 Å². The van der Waals surface area contributed by atoms with Gasteiger partial charge in [-0.2, -0.15) is 0 Å². The molecule has 0 heterocycles. The van der Waals surface area contributed by atoms with E-state index in [-0.39, 0.29) is 5.56 Å². The zero-order chi connectivity index (χ0) is 14.8. The Hall–Kier alpha value is -2.01. The lowest BCUT2D eigenvalue weighted by atomic mass is 9.91. The fourth-order valence-electron chi connectivity index (χ4n) is 2.06. The van der Waals surface area contributed by atoms with Crippen LogP contribution in [0.3, 0.4) is 0 Å². The largest absolute Gasteiger partial charge is 0.394 e. The van der Waals surface area contributed by atoms with E-state index in [1.165, 1.54) is 37.3 Å². The summed E-state index contributed by atoms with van der Waals surface area (Å²) in [6.45, 7) is 0.945. The molecule has 0 radical (unpaired) electrons. The Labute approximate surface area is 114 Å². The maximum atomic E-state index is 13.8. The van der Waals surface area contributed by atoms with E-state index in [1.54, 1.807) is 0 Å². The van der Waals surface area contributed by atoms with Gasteiger partial charge in [-0.25, -0.2) is 13.2 Å². The van der Waals surface area contributed by atoms with E-state index in [2.05, 4.69) is 5.32 Å². The van der Waals surface area contributed by atoms with E-state index in [1.807, 2.05) is 0 Å². The van der Waals surface area contributed by atoms with Crippen LogP contribution in [0.25, 0.3) is 0 Å². The van der Waals surface area contributed by atoms with Crippen molar-refractivity contribution in [1.29, 1.82) is 0 Å². The van der Waals surface area contributed by atoms with Gasteiger partial charge in [0.15, 0.2) is 0 Å². The standard InChI is InChI=1S/C15H14F3NO/c1-15(9-20,14-12(17)3-2-4-13(14)18)19-11-7-5-10(16)6-8-11/h2-8,19-20H,9H2,1H3. The Morgan fingerprint density at radius 2 is 1.55 bits per heavy atom. The van der Waals surface area contributed by atoms with Crippen LogP contribution in [0.2, 0.25) is 0 Å². The summed E-state index contributed by atoms with van der Waals surface area (Å²) in [6, 6.07) is 8.81. The molecule has 0 aromatic heterocycles. The predicted octanol–water partition coefficient (Wildman–Crippen LogP) is 3.42. The summed E-state index contributed by atoms with van der Waals surface area (Å²) < 4.78 is 40.6. The SMILES string of the molecule is CC(CO)(Nc1ccc(F)cc1)c1c(F)cccc1F. The van der Waals surface area contributed by atoms with Gasteiger partial charge in [0.2, 0.25) is 0 Å². The van der Waals surface area contributed by atoms with Crippen LogP contribution in [0.4, 0.5) is 18.9 Å². The van der Waals surface area contributed by atoms with Crippen LogP contribution >= 0.6 is 0 Å². The summed E-state index contributed by atoms with van der Waals surface area (Å²) >= 11 is 0. The van der Waals surface area contributed by atoms with Gasteiger partial charge in [-0.15, -0.1) is 0 Å². The molecule has 0 amide bonds. The summed E-state index contributed by atoms with van der Waals surface area (Å²) in [5.41, 5.74) is -1.16. The van der Waals surface area contributed by atoms with Crippen LogP contribution in [-0.4, -0.2) is 11.7 Å². The van der Waals surface area contributed by atoms with Gasteiger partial charge in [0.25, 0.3) is 0 Å². The van der Waals surface area contributed by atoms with Gasteiger partial charge in [0, 0.05) is 5.69 Å². The first kappa shape index (κ1) is 14.4. The van der Waals surface area contributed by atoms with Gasteiger partial charge in [0.1, 0.15) is 17.5 Å². The highest BCUT2D eigenvalue weighted by molar-refractivity contribution is 5.48. The summed E-state index contributed by atoms with van der Waals surface area (Å²) in [6.07, 6.45) is 0. The maximum absolute atomic E-state index is 13.8. The minimum atomic E-state index is -1.35. The lowest BCUT2D eigenvalue weighted by Gasteiger charge is -2.31. The molecule has 20 heavy (non-hydrogen) atoms. The molecule has 2 aromatic carbocycles. The van der Waals surface area contributed by atoms with Crippen LogP contribution in [0.15, 0.2) is 42.5 Å². The van der Waals surface area contributed by atoms with Crippen molar-refractivity contribution in [1.82, 2.24) is 0 Å². The number of hydrogen-bond acceptors (Lipinski definition) is 2. The fraction of sp³-hybridized carbons (Fsp3) is 0.200. The van der Waals surface area contributed by atoms with Gasteiger partial charge < -0.3 is 10.4 Å². The van der Waals surface area contributed by atoms with Crippen LogP contribution in [0, 0.1) is 17.5 Å². The molecule has 2 aromatic rings. The second kappa shape index (κ2) is 5.54. The third-order valence-electron chi connectivity index (χ3n) is 3.10. The molecule has 2 rings (SSSR count). The number of benzene rings is 2. The normalized spacial score (nSPS) is 13.8. The van der Waals surface area contributed by atoms with Gasteiger partial charge in [-0.05, 0) is 43.3 Å². The monoisotopic (exact) mass is 281 g/mol. The van der Waals surface area contributed by atoms with Crippen molar-refractivity contribution in [3.63, 3.8) is 0 Å². The Balaban J connectivity index is 2.41. The Kier molecular flexibility index (Phi) is 3.99. The molecule has 0 aliphatic heterocycles. The molecule has 0 saturated carbocycles. The summed E-state index contributed by atoms with van der Waals surface area (Å²) in [5.74, 6) is -1.93. The third-order valence-corrected chi connectivity index (χ3v) is 3.10. The van der Waals surface area contributed by atoms with E-state index < -0.39 is 29.6 Å². The highest BCUT2D eigenvalue weighted by Gasteiger charge is 2.32. The molecule has 0 aliphatic carbocycles. The highest BCUT2D eigenvalue weighted by atomic mass is 19.1. The lowest BCUT2D eigenvalue weighted by Crippen LogP contribution is -2.37. The first-order valence-corrected chi connectivity index (χ1v) is 6.05. The van der Waals surface area contributed by atoms with Gasteiger partial charge >= 0.3 is 0 Å². The first-order valence-electron chi connectivity index (χ1n) is 6.05. The Bertz CT molecular complexity index is 580. The number of halogens is 3. The topological polar surface area (TPSA) is 32.3 Å². The van der Waals surface area contributed by atoms with E-state index >= 15 is 0 Å². The predicted molar refractivity (Wildman–Crippen MR) is 70.8 cm³/mol. The summed E-state index contributed by atoms with van der Waals surface area (Å²) in [7, 11) is 0. The number of nitrogens with one attached hydrogen (secondary N) is 1. The number of rotatable bonds is 4. The molecule has 1 atom stereocenters. The third kappa shape index (κ3) is 2.77. The molecular formula is C15H14F3NO. The molecule has 5 heteroatoms. The van der Waals surface area contributed by atoms with E-state index in [9.17, 15) is 18.3 Å². The second-order valence-corrected chi connectivity index (χ2v) is 4.72. The Morgan fingerprint density at radius 3 is 2.05 bits per heavy atom. The molecule has 0 saturated heterocycles. The quantitative estimate of drug-likeness (QED) is 0.900. The minimum Gasteiger partial charge on any atom is -0.394 e. The van der Waals surface area contributed by atoms with Crippen molar-refractivity contribution in [2.75, 3.05) is 11.9 Å². The van der Waals surface area contributed by atoms with Gasteiger partial charge in [-0.1, -0.05) is 6.07 Å². The molecule has 1 unspecified atom stereocenters. The van der Waals surface area contributed by atoms with E-state index in [0.717, 1.165) is 12.1 Å². The smallest absolute Gasteiger partial charge is 0.131 e. The molecule has 0 spiro atoms. The van der Waals surface area contributed by atoms with Crippen molar-refractivity contribution in [3.8, 4) is 0 Å². The maximum Gasteiger partial charge on any atom is 0.131 e. The molecule has 0 bridgehead atoms. The average Bonchev–Trinajstić information content (AvgIpc) is 2.41. The molecule has 2 N–H and O–H groups in total. The number of aliphatic hydroxyl groups is 1. The first-order chi connectivity index (χ1) is 9.46. The summed E-state index contributed by atoms with van der Waals surface area (Å²) in [5, 5.41) is 12.4. The molecule has 106 valence electrons. The van der Waals surface area contributed by atoms with Crippen LogP contribution in [-0.2, 0) is 5.54 Å². The number of hydrogen-bond donors (Lipinski definition) is 2.